The summed E-state index contributed by atoms with van der Waals surface area (Å²) >= 11 is 5.89. The predicted molar refractivity (Wildman–Crippen MR) is 107 cm³/mol. The van der Waals surface area contributed by atoms with Gasteiger partial charge in [0.15, 0.2) is 12.4 Å². The van der Waals surface area contributed by atoms with Crippen LogP contribution in [0.25, 0.3) is 6.08 Å². The Morgan fingerprint density at radius 2 is 1.82 bits per heavy atom. The Hall–Kier alpha value is -2.79. The summed E-state index contributed by atoms with van der Waals surface area (Å²) in [5.74, 6) is 0.459. The molecule has 146 valence electrons. The van der Waals surface area contributed by atoms with Crippen molar-refractivity contribution in [1.29, 1.82) is 0 Å². The number of hydrogen-bond acceptors (Lipinski definition) is 5. The first-order chi connectivity index (χ1) is 13.1. The van der Waals surface area contributed by atoms with Crippen molar-refractivity contribution < 1.29 is 23.8 Å². The lowest BCUT2D eigenvalue weighted by atomic mass is 10.1. The topological polar surface area (TPSA) is 61.8 Å². The number of allylic oxidation sites excluding steroid dienone is 1. The average molecular weight is 401 g/mol. The molecule has 0 spiro atoms. The van der Waals surface area contributed by atoms with Crippen LogP contribution in [0.15, 0.2) is 42.2 Å². The number of benzene rings is 2. The SMILES string of the molecule is Cc1c(OCC(=O)OC(C)(C)C)ccc2c1O/C(=C\c1ccc(Cl)cc1)C2=O. The standard InChI is InChI=1S/C22H21ClO5/c1-13-17(26-12-19(24)28-22(2,3)4)10-9-16-20(25)18(27-21(13)16)11-14-5-7-15(23)8-6-14/h5-11H,12H2,1-4H3/b18-11-. The molecule has 1 aliphatic rings. The van der Waals surface area contributed by atoms with E-state index in [0.717, 1.165) is 5.56 Å². The van der Waals surface area contributed by atoms with Crippen molar-refractivity contribution in [3.05, 3.63) is 63.9 Å². The van der Waals surface area contributed by atoms with Gasteiger partial charge in [-0.3, -0.25) is 4.79 Å². The molecule has 0 N–H and O–H groups in total. The zero-order chi connectivity index (χ0) is 20.5. The Bertz CT molecular complexity index is 952. The zero-order valence-electron chi connectivity index (χ0n) is 16.2. The number of ketones is 1. The van der Waals surface area contributed by atoms with E-state index in [9.17, 15) is 9.59 Å². The van der Waals surface area contributed by atoms with Gasteiger partial charge >= 0.3 is 5.97 Å². The van der Waals surface area contributed by atoms with Crippen molar-refractivity contribution in [3.8, 4) is 11.5 Å². The van der Waals surface area contributed by atoms with Crippen molar-refractivity contribution in [2.45, 2.75) is 33.3 Å². The van der Waals surface area contributed by atoms with Crippen molar-refractivity contribution in [2.24, 2.45) is 0 Å². The molecule has 0 fully saturated rings. The third kappa shape index (κ3) is 4.54. The molecular weight excluding hydrogens is 380 g/mol. The predicted octanol–water partition coefficient (Wildman–Crippen LogP) is 4.99. The van der Waals surface area contributed by atoms with Gasteiger partial charge in [-0.05, 0) is 63.6 Å². The summed E-state index contributed by atoms with van der Waals surface area (Å²) < 4.78 is 16.6. The van der Waals surface area contributed by atoms with Crippen LogP contribution in [0.3, 0.4) is 0 Å². The highest BCUT2D eigenvalue weighted by Gasteiger charge is 2.30. The van der Waals surface area contributed by atoms with E-state index in [4.69, 9.17) is 25.8 Å². The van der Waals surface area contributed by atoms with Crippen molar-refractivity contribution in [1.82, 2.24) is 0 Å². The second-order valence-electron chi connectivity index (χ2n) is 7.43. The van der Waals surface area contributed by atoms with E-state index in [-0.39, 0.29) is 18.1 Å². The van der Waals surface area contributed by atoms with Crippen LogP contribution in [0, 0.1) is 6.92 Å². The Balaban J connectivity index is 1.77. The largest absolute Gasteiger partial charge is 0.481 e. The summed E-state index contributed by atoms with van der Waals surface area (Å²) in [6, 6.07) is 10.4. The maximum atomic E-state index is 12.6. The average Bonchev–Trinajstić information content (AvgIpc) is 2.92. The van der Waals surface area contributed by atoms with Crippen LogP contribution in [-0.4, -0.2) is 24.0 Å². The Morgan fingerprint density at radius 3 is 2.46 bits per heavy atom. The van der Waals surface area contributed by atoms with E-state index in [1.165, 1.54) is 0 Å². The molecule has 0 amide bonds. The molecule has 0 bridgehead atoms. The fourth-order valence-electron chi connectivity index (χ4n) is 2.74. The molecule has 28 heavy (non-hydrogen) atoms. The normalized spacial score (nSPS) is 14.6. The van der Waals surface area contributed by atoms with Gasteiger partial charge in [0.05, 0.1) is 5.56 Å². The monoisotopic (exact) mass is 400 g/mol. The summed E-state index contributed by atoms with van der Waals surface area (Å²) in [4.78, 5) is 24.5. The summed E-state index contributed by atoms with van der Waals surface area (Å²) in [5, 5.41) is 0.617. The van der Waals surface area contributed by atoms with Gasteiger partial charge in [0.1, 0.15) is 17.1 Å². The van der Waals surface area contributed by atoms with E-state index in [0.29, 0.717) is 27.6 Å². The summed E-state index contributed by atoms with van der Waals surface area (Å²) in [5.41, 5.74) is 1.33. The summed E-state index contributed by atoms with van der Waals surface area (Å²) in [6.07, 6.45) is 1.67. The molecule has 1 aliphatic heterocycles. The third-order valence-electron chi connectivity index (χ3n) is 3.97. The number of halogens is 1. The zero-order valence-corrected chi connectivity index (χ0v) is 16.9. The van der Waals surface area contributed by atoms with Crippen LogP contribution in [0.1, 0.15) is 42.3 Å². The van der Waals surface area contributed by atoms with Crippen molar-refractivity contribution in [2.75, 3.05) is 6.61 Å². The minimum atomic E-state index is -0.579. The van der Waals surface area contributed by atoms with Crippen LogP contribution < -0.4 is 9.47 Å². The second-order valence-corrected chi connectivity index (χ2v) is 7.87. The molecule has 6 heteroatoms. The Labute approximate surface area is 168 Å². The van der Waals surface area contributed by atoms with E-state index >= 15 is 0 Å². The van der Waals surface area contributed by atoms with Crippen LogP contribution in [0.4, 0.5) is 0 Å². The fraction of sp³-hybridized carbons (Fsp3) is 0.273. The second kappa shape index (κ2) is 7.68. The van der Waals surface area contributed by atoms with Crippen LogP contribution in [0.5, 0.6) is 11.5 Å². The van der Waals surface area contributed by atoms with Crippen LogP contribution in [0.2, 0.25) is 5.02 Å². The van der Waals surface area contributed by atoms with Crippen LogP contribution >= 0.6 is 11.6 Å². The maximum absolute atomic E-state index is 12.6. The molecule has 0 unspecified atom stereocenters. The lowest BCUT2D eigenvalue weighted by Crippen LogP contribution is -2.27. The fourth-order valence-corrected chi connectivity index (χ4v) is 2.87. The van der Waals surface area contributed by atoms with E-state index in [2.05, 4.69) is 0 Å². The van der Waals surface area contributed by atoms with E-state index < -0.39 is 11.6 Å². The molecule has 0 atom stereocenters. The van der Waals surface area contributed by atoms with Gasteiger partial charge < -0.3 is 14.2 Å². The third-order valence-corrected chi connectivity index (χ3v) is 4.22. The van der Waals surface area contributed by atoms with E-state index in [1.54, 1.807) is 70.2 Å². The quantitative estimate of drug-likeness (QED) is 0.534. The van der Waals surface area contributed by atoms with Crippen molar-refractivity contribution in [3.63, 3.8) is 0 Å². The molecule has 5 nitrogen and oxygen atoms in total. The number of hydrogen-bond donors (Lipinski definition) is 0. The maximum Gasteiger partial charge on any atom is 0.344 e. The smallest absolute Gasteiger partial charge is 0.344 e. The molecule has 3 rings (SSSR count). The number of ether oxygens (including phenoxy) is 3. The Kier molecular flexibility index (Phi) is 5.47. The van der Waals surface area contributed by atoms with Crippen LogP contribution in [-0.2, 0) is 9.53 Å². The highest BCUT2D eigenvalue weighted by atomic mass is 35.5. The van der Waals surface area contributed by atoms with Gasteiger partial charge in [-0.1, -0.05) is 23.7 Å². The van der Waals surface area contributed by atoms with Gasteiger partial charge in [-0.2, -0.15) is 0 Å². The Morgan fingerprint density at radius 1 is 1.14 bits per heavy atom. The van der Waals surface area contributed by atoms with Gasteiger partial charge in [0.25, 0.3) is 0 Å². The number of Topliss-reactive ketones (excluding diaryl/α,β-unsaturated/α-hetero) is 1. The highest BCUT2D eigenvalue weighted by Crippen LogP contribution is 2.39. The lowest BCUT2D eigenvalue weighted by molar-refractivity contribution is -0.157. The first kappa shape index (κ1) is 20.0. The molecule has 0 aliphatic carbocycles. The number of esters is 1. The highest BCUT2D eigenvalue weighted by molar-refractivity contribution is 6.30. The minimum absolute atomic E-state index is 0.202. The molecule has 2 aromatic carbocycles. The molecule has 2 aromatic rings. The summed E-state index contributed by atoms with van der Waals surface area (Å²) in [6.45, 7) is 6.93. The molecule has 0 aromatic heterocycles. The molecule has 1 heterocycles. The first-order valence-electron chi connectivity index (χ1n) is 8.82. The first-order valence-corrected chi connectivity index (χ1v) is 9.20. The molecular formula is C22H21ClO5. The number of rotatable bonds is 4. The number of fused-ring (bicyclic) bond motifs is 1. The number of carbonyl (C=O) groups is 2. The van der Waals surface area contributed by atoms with Crippen molar-refractivity contribution >= 4 is 29.4 Å². The molecule has 0 saturated heterocycles. The van der Waals surface area contributed by atoms with E-state index in [1.807, 2.05) is 0 Å². The lowest BCUT2D eigenvalue weighted by Gasteiger charge is -2.19. The van der Waals surface area contributed by atoms with Gasteiger partial charge in [-0.15, -0.1) is 0 Å². The number of carbonyl (C=O) groups excluding carboxylic acids is 2. The molecule has 0 radical (unpaired) electrons. The van der Waals surface area contributed by atoms with Gasteiger partial charge in [0.2, 0.25) is 5.78 Å². The van der Waals surface area contributed by atoms with Gasteiger partial charge in [-0.25, -0.2) is 4.79 Å². The summed E-state index contributed by atoms with van der Waals surface area (Å²) in [7, 11) is 0. The molecule has 0 saturated carbocycles. The van der Waals surface area contributed by atoms with Gasteiger partial charge in [0, 0.05) is 10.6 Å². The minimum Gasteiger partial charge on any atom is -0.481 e.